The van der Waals surface area contributed by atoms with Crippen molar-refractivity contribution in [3.63, 3.8) is 0 Å². The molecule has 2 saturated carbocycles. The van der Waals surface area contributed by atoms with Crippen LogP contribution in [-0.2, 0) is 0 Å². The van der Waals surface area contributed by atoms with Gasteiger partial charge in [-0.2, -0.15) is 0 Å². The van der Waals surface area contributed by atoms with E-state index in [1.54, 1.807) is 19.3 Å². The van der Waals surface area contributed by atoms with Gasteiger partial charge in [-0.05, 0) is 49.4 Å². The Morgan fingerprint density at radius 3 is 2.50 bits per heavy atom. The van der Waals surface area contributed by atoms with Gasteiger partial charge in [0.2, 0.25) is 0 Å². The van der Waals surface area contributed by atoms with Gasteiger partial charge in [0.25, 0.3) is 0 Å². The summed E-state index contributed by atoms with van der Waals surface area (Å²) in [6.45, 7) is 4.71. The van der Waals surface area contributed by atoms with E-state index in [0.29, 0.717) is 0 Å². The van der Waals surface area contributed by atoms with Crippen LogP contribution in [0.25, 0.3) is 0 Å². The minimum atomic E-state index is 0.935. The first-order valence-electron chi connectivity index (χ1n) is 4.77. The lowest BCUT2D eigenvalue weighted by atomic mass is 9.93. The van der Waals surface area contributed by atoms with E-state index in [2.05, 4.69) is 13.8 Å². The van der Waals surface area contributed by atoms with Crippen molar-refractivity contribution in [2.75, 3.05) is 0 Å². The molecule has 0 aromatic rings. The van der Waals surface area contributed by atoms with Crippen LogP contribution in [-0.4, -0.2) is 0 Å². The molecule has 3 atom stereocenters. The molecule has 10 heavy (non-hydrogen) atoms. The number of fused-ring (bicyclic) bond motifs is 1. The Kier molecular flexibility index (Phi) is 1.51. The molecule has 58 valence electrons. The first kappa shape index (κ1) is 6.69. The van der Waals surface area contributed by atoms with Crippen molar-refractivity contribution in [3.05, 3.63) is 0 Å². The van der Waals surface area contributed by atoms with Gasteiger partial charge in [0.1, 0.15) is 0 Å². The maximum Gasteiger partial charge on any atom is -0.0354 e. The van der Waals surface area contributed by atoms with Crippen molar-refractivity contribution >= 4 is 0 Å². The fourth-order valence-corrected chi connectivity index (χ4v) is 2.72. The van der Waals surface area contributed by atoms with Crippen LogP contribution in [0.1, 0.15) is 39.5 Å². The van der Waals surface area contributed by atoms with Crippen LogP contribution in [0.3, 0.4) is 0 Å². The van der Waals surface area contributed by atoms with Gasteiger partial charge in [-0.3, -0.25) is 0 Å². The molecule has 3 unspecified atom stereocenters. The van der Waals surface area contributed by atoms with Crippen LogP contribution >= 0.6 is 0 Å². The van der Waals surface area contributed by atoms with Crippen molar-refractivity contribution in [2.45, 2.75) is 39.5 Å². The summed E-state index contributed by atoms with van der Waals surface area (Å²) >= 11 is 0. The number of rotatable bonds is 2. The molecule has 0 N–H and O–H groups in total. The zero-order valence-corrected chi connectivity index (χ0v) is 7.14. The summed E-state index contributed by atoms with van der Waals surface area (Å²) in [5, 5.41) is 0. The third-order valence-corrected chi connectivity index (χ3v) is 3.27. The van der Waals surface area contributed by atoms with Gasteiger partial charge in [-0.1, -0.05) is 13.8 Å². The molecule has 2 rings (SSSR count). The van der Waals surface area contributed by atoms with Crippen molar-refractivity contribution in [3.8, 4) is 0 Å². The molecule has 0 radical (unpaired) electrons. The molecule has 2 fully saturated rings. The third kappa shape index (κ3) is 1.09. The molecular formula is C10H18. The predicted molar refractivity (Wildman–Crippen MR) is 43.8 cm³/mol. The van der Waals surface area contributed by atoms with Gasteiger partial charge in [-0.25, -0.2) is 0 Å². The highest BCUT2D eigenvalue weighted by Gasteiger charge is 2.47. The molecule has 2 aliphatic carbocycles. The minimum Gasteiger partial charge on any atom is -0.0628 e. The van der Waals surface area contributed by atoms with Gasteiger partial charge >= 0.3 is 0 Å². The second-order valence-corrected chi connectivity index (χ2v) is 4.63. The summed E-state index contributed by atoms with van der Waals surface area (Å²) in [5.41, 5.74) is 0. The van der Waals surface area contributed by atoms with Crippen LogP contribution in [0, 0.1) is 23.7 Å². The van der Waals surface area contributed by atoms with E-state index in [1.165, 1.54) is 18.3 Å². The molecule has 2 aliphatic rings. The standard InChI is InChI=1S/C10H18/c1-7(2)5-8-3-4-9-6-10(8)9/h7-10H,3-6H2,1-2H3. The average Bonchev–Trinajstić information content (AvgIpc) is 2.52. The van der Waals surface area contributed by atoms with E-state index in [-0.39, 0.29) is 0 Å². The largest absolute Gasteiger partial charge is 0.0628 e. The van der Waals surface area contributed by atoms with E-state index in [0.717, 1.165) is 11.8 Å². The van der Waals surface area contributed by atoms with E-state index in [9.17, 15) is 0 Å². The highest BCUT2D eigenvalue weighted by atomic mass is 14.5. The molecular weight excluding hydrogens is 120 g/mol. The van der Waals surface area contributed by atoms with Crippen LogP contribution in [0.15, 0.2) is 0 Å². The zero-order valence-electron chi connectivity index (χ0n) is 7.14. The van der Waals surface area contributed by atoms with Gasteiger partial charge < -0.3 is 0 Å². The zero-order chi connectivity index (χ0) is 7.14. The van der Waals surface area contributed by atoms with Crippen LogP contribution in [0.5, 0.6) is 0 Å². The first-order valence-corrected chi connectivity index (χ1v) is 4.77. The van der Waals surface area contributed by atoms with Crippen LogP contribution in [0.2, 0.25) is 0 Å². The summed E-state index contributed by atoms with van der Waals surface area (Å²) in [7, 11) is 0. The average molecular weight is 138 g/mol. The SMILES string of the molecule is CC(C)CC1CCC2CC12. The minimum absolute atomic E-state index is 0.935. The smallest absolute Gasteiger partial charge is 0.0354 e. The lowest BCUT2D eigenvalue weighted by Crippen LogP contribution is -2.02. The fourth-order valence-electron chi connectivity index (χ4n) is 2.72. The van der Waals surface area contributed by atoms with Gasteiger partial charge in [-0.15, -0.1) is 0 Å². The predicted octanol–water partition coefficient (Wildman–Crippen LogP) is 3.08. The monoisotopic (exact) mass is 138 g/mol. The summed E-state index contributed by atoms with van der Waals surface area (Å²) in [6, 6.07) is 0. The second-order valence-electron chi connectivity index (χ2n) is 4.63. The Balaban J connectivity index is 1.82. The van der Waals surface area contributed by atoms with E-state index in [1.807, 2.05) is 0 Å². The van der Waals surface area contributed by atoms with Crippen molar-refractivity contribution in [2.24, 2.45) is 23.7 Å². The van der Waals surface area contributed by atoms with Gasteiger partial charge in [0.15, 0.2) is 0 Å². The molecule has 0 aromatic heterocycles. The molecule has 0 saturated heterocycles. The molecule has 0 aromatic carbocycles. The summed E-state index contributed by atoms with van der Waals surface area (Å²) in [5.74, 6) is 4.43. The Morgan fingerprint density at radius 2 is 2.10 bits per heavy atom. The Morgan fingerprint density at radius 1 is 1.30 bits per heavy atom. The summed E-state index contributed by atoms with van der Waals surface area (Å²) < 4.78 is 0. The lowest BCUT2D eigenvalue weighted by molar-refractivity contribution is 0.380. The molecule has 0 bridgehead atoms. The molecule has 0 heteroatoms. The maximum atomic E-state index is 2.36. The van der Waals surface area contributed by atoms with Crippen molar-refractivity contribution in [1.29, 1.82) is 0 Å². The second kappa shape index (κ2) is 2.25. The van der Waals surface area contributed by atoms with Crippen LogP contribution in [0.4, 0.5) is 0 Å². The Bertz CT molecular complexity index is 126. The first-order chi connectivity index (χ1) is 4.77. The topological polar surface area (TPSA) is 0 Å². The Labute approximate surface area is 64.0 Å². The molecule has 0 spiro atoms. The number of hydrogen-bond acceptors (Lipinski definition) is 0. The molecule has 0 heterocycles. The van der Waals surface area contributed by atoms with E-state index in [4.69, 9.17) is 0 Å². The number of hydrogen-bond donors (Lipinski definition) is 0. The van der Waals surface area contributed by atoms with Crippen molar-refractivity contribution in [1.82, 2.24) is 0 Å². The van der Waals surface area contributed by atoms with Crippen LogP contribution < -0.4 is 0 Å². The van der Waals surface area contributed by atoms with Crippen molar-refractivity contribution < 1.29 is 0 Å². The van der Waals surface area contributed by atoms with E-state index < -0.39 is 0 Å². The molecule has 0 aliphatic heterocycles. The highest BCUT2D eigenvalue weighted by Crippen LogP contribution is 2.56. The normalized spacial score (nSPS) is 44.1. The quantitative estimate of drug-likeness (QED) is 0.550. The maximum absolute atomic E-state index is 2.36. The van der Waals surface area contributed by atoms with Gasteiger partial charge in [0, 0.05) is 0 Å². The highest BCUT2D eigenvalue weighted by molar-refractivity contribution is 4.97. The van der Waals surface area contributed by atoms with Gasteiger partial charge in [0.05, 0.1) is 0 Å². The summed E-state index contributed by atoms with van der Waals surface area (Å²) in [4.78, 5) is 0. The molecule has 0 nitrogen and oxygen atoms in total. The van der Waals surface area contributed by atoms with E-state index >= 15 is 0 Å². The fraction of sp³-hybridized carbons (Fsp3) is 1.00. The lowest BCUT2D eigenvalue weighted by Gasteiger charge is -2.13. The summed E-state index contributed by atoms with van der Waals surface area (Å²) in [6.07, 6.45) is 6.19. The Hall–Kier alpha value is 0. The third-order valence-electron chi connectivity index (χ3n) is 3.27. The molecule has 0 amide bonds.